The van der Waals surface area contributed by atoms with Crippen LogP contribution in [-0.2, 0) is 16.1 Å². The van der Waals surface area contributed by atoms with Crippen LogP contribution in [0.5, 0.6) is 0 Å². The third-order valence-electron chi connectivity index (χ3n) is 4.05. The lowest BCUT2D eigenvalue weighted by molar-refractivity contribution is -0.170. The van der Waals surface area contributed by atoms with Crippen molar-refractivity contribution in [3.63, 3.8) is 0 Å². The number of carbonyl (C=O) groups is 1. The molecule has 1 saturated carbocycles. The summed E-state index contributed by atoms with van der Waals surface area (Å²) in [5, 5.41) is 6.37. The van der Waals surface area contributed by atoms with Crippen molar-refractivity contribution in [1.82, 2.24) is 15.5 Å². The number of aromatic nitrogens is 2. The zero-order valence-corrected chi connectivity index (χ0v) is 11.5. The molecule has 19 heavy (non-hydrogen) atoms. The first kappa shape index (κ1) is 14.0. The molecule has 1 aliphatic rings. The Morgan fingerprint density at radius 3 is 2.95 bits per heavy atom. The van der Waals surface area contributed by atoms with E-state index in [1.807, 2.05) is 20.8 Å². The lowest BCUT2D eigenvalue weighted by Crippen LogP contribution is -2.75. The molecule has 0 radical (unpaired) electrons. The molecular formula is C12H20N4O3. The van der Waals surface area contributed by atoms with Gasteiger partial charge in [0.1, 0.15) is 5.54 Å². The molecule has 3 N–H and O–H groups in total. The number of nitrogens with zero attached hydrogens (tertiary/aromatic N) is 2. The largest absolute Gasteiger partial charge is 0.378 e. The SMILES string of the molecule is CCOC1CC(N)(C(=O)NCc2ncon2)C1(C)C. The van der Waals surface area contributed by atoms with E-state index in [-0.39, 0.29) is 18.6 Å². The third-order valence-corrected chi connectivity index (χ3v) is 4.05. The standard InChI is InChI=1S/C12H20N4O3/c1-4-18-8-5-12(13,11(8,2)3)10(17)14-6-9-15-7-19-16-9/h7-8H,4-6,13H2,1-3H3,(H,14,17). The number of amides is 1. The van der Waals surface area contributed by atoms with E-state index in [1.165, 1.54) is 6.39 Å². The van der Waals surface area contributed by atoms with Crippen molar-refractivity contribution in [3.8, 4) is 0 Å². The number of hydrogen-bond donors (Lipinski definition) is 2. The molecule has 0 spiro atoms. The van der Waals surface area contributed by atoms with E-state index in [1.54, 1.807) is 0 Å². The van der Waals surface area contributed by atoms with E-state index in [4.69, 9.17) is 10.5 Å². The van der Waals surface area contributed by atoms with Crippen molar-refractivity contribution in [3.05, 3.63) is 12.2 Å². The molecule has 1 aromatic rings. The number of nitrogens with two attached hydrogens (primary N) is 1. The molecule has 1 fully saturated rings. The summed E-state index contributed by atoms with van der Waals surface area (Å²) in [7, 11) is 0. The van der Waals surface area contributed by atoms with Crippen LogP contribution in [0, 0.1) is 5.41 Å². The van der Waals surface area contributed by atoms with Crippen molar-refractivity contribution < 1.29 is 14.1 Å². The van der Waals surface area contributed by atoms with Crippen LogP contribution >= 0.6 is 0 Å². The normalized spacial score (nSPS) is 28.7. The fourth-order valence-corrected chi connectivity index (χ4v) is 2.41. The summed E-state index contributed by atoms with van der Waals surface area (Å²) >= 11 is 0. The maximum atomic E-state index is 12.2. The van der Waals surface area contributed by atoms with Crippen molar-refractivity contribution in [2.75, 3.05) is 6.61 Å². The van der Waals surface area contributed by atoms with Gasteiger partial charge in [-0.25, -0.2) is 0 Å². The number of hydrogen-bond acceptors (Lipinski definition) is 6. The molecule has 2 unspecified atom stereocenters. The molecule has 0 aliphatic heterocycles. The Morgan fingerprint density at radius 2 is 2.42 bits per heavy atom. The van der Waals surface area contributed by atoms with Gasteiger partial charge in [-0.2, -0.15) is 4.98 Å². The minimum absolute atomic E-state index is 0.0124. The van der Waals surface area contributed by atoms with E-state index in [0.29, 0.717) is 18.9 Å². The molecule has 1 amide bonds. The minimum Gasteiger partial charge on any atom is -0.378 e. The van der Waals surface area contributed by atoms with Gasteiger partial charge < -0.3 is 20.3 Å². The lowest BCUT2D eigenvalue weighted by Gasteiger charge is -2.57. The summed E-state index contributed by atoms with van der Waals surface area (Å²) in [4.78, 5) is 16.1. The van der Waals surface area contributed by atoms with Gasteiger partial charge >= 0.3 is 0 Å². The highest BCUT2D eigenvalue weighted by Gasteiger charge is 2.62. The van der Waals surface area contributed by atoms with Crippen molar-refractivity contribution in [2.24, 2.45) is 11.1 Å². The average molecular weight is 268 g/mol. The highest BCUT2D eigenvalue weighted by atomic mass is 16.5. The quantitative estimate of drug-likeness (QED) is 0.791. The maximum absolute atomic E-state index is 12.2. The first-order chi connectivity index (χ1) is 8.91. The molecule has 0 aromatic carbocycles. The van der Waals surface area contributed by atoms with Crippen LogP contribution in [0.25, 0.3) is 0 Å². The Hall–Kier alpha value is -1.47. The third kappa shape index (κ3) is 2.23. The highest BCUT2D eigenvalue weighted by molar-refractivity contribution is 5.88. The van der Waals surface area contributed by atoms with Gasteiger partial charge in [0.15, 0.2) is 5.82 Å². The molecule has 2 atom stereocenters. The van der Waals surface area contributed by atoms with Gasteiger partial charge in [-0.15, -0.1) is 0 Å². The molecule has 1 aliphatic carbocycles. The van der Waals surface area contributed by atoms with Crippen LogP contribution < -0.4 is 11.1 Å². The second-order valence-corrected chi connectivity index (χ2v) is 5.37. The maximum Gasteiger partial charge on any atom is 0.241 e. The van der Waals surface area contributed by atoms with Crippen LogP contribution in [0.3, 0.4) is 0 Å². The van der Waals surface area contributed by atoms with Gasteiger partial charge in [0.05, 0.1) is 12.6 Å². The summed E-state index contributed by atoms with van der Waals surface area (Å²) in [5.41, 5.74) is 4.91. The van der Waals surface area contributed by atoms with Gasteiger partial charge in [0.2, 0.25) is 12.3 Å². The van der Waals surface area contributed by atoms with E-state index < -0.39 is 11.0 Å². The first-order valence-corrected chi connectivity index (χ1v) is 6.36. The Balaban J connectivity index is 1.95. The minimum atomic E-state index is -0.920. The van der Waals surface area contributed by atoms with Gasteiger partial charge in [0, 0.05) is 18.4 Å². The first-order valence-electron chi connectivity index (χ1n) is 6.36. The molecule has 0 saturated heterocycles. The molecule has 7 nitrogen and oxygen atoms in total. The van der Waals surface area contributed by atoms with Crippen molar-refractivity contribution >= 4 is 5.91 Å². The topological polar surface area (TPSA) is 103 Å². The van der Waals surface area contributed by atoms with Gasteiger partial charge in [-0.3, -0.25) is 4.79 Å². The Kier molecular flexibility index (Phi) is 3.60. The summed E-state index contributed by atoms with van der Waals surface area (Å²) in [6.45, 7) is 6.66. The van der Waals surface area contributed by atoms with Gasteiger partial charge in [-0.1, -0.05) is 19.0 Å². The van der Waals surface area contributed by atoms with Crippen molar-refractivity contribution in [1.29, 1.82) is 0 Å². The van der Waals surface area contributed by atoms with Crippen LogP contribution in [0.4, 0.5) is 0 Å². The Labute approximate surface area is 111 Å². The fraction of sp³-hybridized carbons (Fsp3) is 0.750. The monoisotopic (exact) mass is 268 g/mol. The van der Waals surface area contributed by atoms with Crippen molar-refractivity contribution in [2.45, 2.75) is 45.4 Å². The van der Waals surface area contributed by atoms with E-state index in [9.17, 15) is 4.79 Å². The molecule has 1 heterocycles. The Morgan fingerprint density at radius 1 is 1.68 bits per heavy atom. The zero-order chi connectivity index (χ0) is 14.1. The van der Waals surface area contributed by atoms with E-state index in [2.05, 4.69) is 20.0 Å². The number of rotatable bonds is 5. The molecule has 2 rings (SSSR count). The number of nitrogens with one attached hydrogen (secondary N) is 1. The van der Waals surface area contributed by atoms with Gasteiger partial charge in [-0.05, 0) is 6.92 Å². The Bertz CT molecular complexity index is 446. The van der Waals surface area contributed by atoms with E-state index in [0.717, 1.165) is 0 Å². The summed E-state index contributed by atoms with van der Waals surface area (Å²) in [6, 6.07) is 0. The average Bonchev–Trinajstić information content (AvgIpc) is 2.88. The summed E-state index contributed by atoms with van der Waals surface area (Å²) < 4.78 is 10.2. The van der Waals surface area contributed by atoms with Crippen LogP contribution in [-0.4, -0.2) is 34.3 Å². The van der Waals surface area contributed by atoms with E-state index >= 15 is 0 Å². The lowest BCUT2D eigenvalue weighted by atomic mass is 9.54. The second kappa shape index (κ2) is 4.90. The zero-order valence-electron chi connectivity index (χ0n) is 11.5. The van der Waals surface area contributed by atoms with Crippen LogP contribution in [0.1, 0.15) is 33.0 Å². The number of carbonyl (C=O) groups excluding carboxylic acids is 1. The molecular weight excluding hydrogens is 248 g/mol. The molecule has 106 valence electrons. The molecule has 0 bridgehead atoms. The van der Waals surface area contributed by atoms with Gasteiger partial charge in [0.25, 0.3) is 0 Å². The second-order valence-electron chi connectivity index (χ2n) is 5.37. The smallest absolute Gasteiger partial charge is 0.241 e. The predicted molar refractivity (Wildman–Crippen MR) is 66.9 cm³/mol. The summed E-state index contributed by atoms with van der Waals surface area (Å²) in [5.74, 6) is 0.216. The predicted octanol–water partition coefficient (Wildman–Crippen LogP) is 0.218. The number of ether oxygens (including phenoxy) is 1. The summed E-state index contributed by atoms with van der Waals surface area (Å²) in [6.07, 6.45) is 1.75. The molecule has 7 heteroatoms. The highest BCUT2D eigenvalue weighted by Crippen LogP contribution is 2.49. The van der Waals surface area contributed by atoms with Crippen LogP contribution in [0.15, 0.2) is 10.9 Å². The van der Waals surface area contributed by atoms with Crippen LogP contribution in [0.2, 0.25) is 0 Å². The molecule has 1 aromatic heterocycles. The fourth-order valence-electron chi connectivity index (χ4n) is 2.41.